The first-order chi connectivity index (χ1) is 11.4. The molecule has 2 amide bonds. The van der Waals surface area contributed by atoms with Crippen LogP contribution in [0.1, 0.15) is 23.7 Å². The number of amides is 2. The molecule has 2 unspecified atom stereocenters. The maximum Gasteiger partial charge on any atom is 0.265 e. The number of benzene rings is 1. The van der Waals surface area contributed by atoms with Crippen LogP contribution in [0.3, 0.4) is 0 Å². The smallest absolute Gasteiger partial charge is 0.265 e. The van der Waals surface area contributed by atoms with Gasteiger partial charge in [0.25, 0.3) is 5.91 Å². The molecule has 0 saturated carbocycles. The number of aliphatic hydroxyl groups is 3. The zero-order valence-electron chi connectivity index (χ0n) is 13.2. The molecule has 132 valence electrons. The molecule has 0 aliphatic carbocycles. The van der Waals surface area contributed by atoms with Gasteiger partial charge in [-0.2, -0.15) is 0 Å². The summed E-state index contributed by atoms with van der Waals surface area (Å²) in [5.41, 5.74) is 5.44. The average molecular weight is 339 g/mol. The Kier molecular flexibility index (Phi) is 7.99. The SMILES string of the molecule is CCC(=O)Nc1ccc(C(=O)NNCC(=O)C(O)C(O)CO)cc1. The van der Waals surface area contributed by atoms with E-state index in [1.807, 2.05) is 0 Å². The predicted molar refractivity (Wildman–Crippen MR) is 84.9 cm³/mol. The highest BCUT2D eigenvalue weighted by Crippen LogP contribution is 2.09. The van der Waals surface area contributed by atoms with Crippen LogP contribution in [0.2, 0.25) is 0 Å². The lowest BCUT2D eigenvalue weighted by atomic mass is 10.1. The molecule has 24 heavy (non-hydrogen) atoms. The summed E-state index contributed by atoms with van der Waals surface area (Å²) in [6.07, 6.45) is -2.96. The van der Waals surface area contributed by atoms with E-state index in [2.05, 4.69) is 16.2 Å². The monoisotopic (exact) mass is 339 g/mol. The van der Waals surface area contributed by atoms with E-state index in [4.69, 9.17) is 10.2 Å². The van der Waals surface area contributed by atoms with E-state index < -0.39 is 37.0 Å². The van der Waals surface area contributed by atoms with Gasteiger partial charge in [0.05, 0.1) is 13.2 Å². The lowest BCUT2D eigenvalue weighted by Gasteiger charge is -2.14. The molecular weight excluding hydrogens is 318 g/mol. The van der Waals surface area contributed by atoms with E-state index in [0.717, 1.165) is 0 Å². The van der Waals surface area contributed by atoms with Crippen LogP contribution in [0.4, 0.5) is 5.69 Å². The number of ketones is 1. The quantitative estimate of drug-likeness (QED) is 0.302. The van der Waals surface area contributed by atoms with Crippen LogP contribution < -0.4 is 16.2 Å². The molecule has 1 rings (SSSR count). The van der Waals surface area contributed by atoms with Gasteiger partial charge in [-0.3, -0.25) is 19.8 Å². The van der Waals surface area contributed by atoms with Gasteiger partial charge in [0.2, 0.25) is 5.91 Å². The van der Waals surface area contributed by atoms with Crippen LogP contribution in [-0.4, -0.2) is 58.3 Å². The Morgan fingerprint density at radius 3 is 2.29 bits per heavy atom. The highest BCUT2D eigenvalue weighted by Gasteiger charge is 2.23. The minimum absolute atomic E-state index is 0.143. The molecular formula is C15H21N3O6. The highest BCUT2D eigenvalue weighted by molar-refractivity contribution is 5.95. The predicted octanol–water partition coefficient (Wildman–Crippen LogP) is -1.45. The molecule has 0 aliphatic heterocycles. The van der Waals surface area contributed by atoms with Crippen molar-refractivity contribution in [1.29, 1.82) is 0 Å². The molecule has 0 aromatic heterocycles. The van der Waals surface area contributed by atoms with Crippen LogP contribution >= 0.6 is 0 Å². The van der Waals surface area contributed by atoms with Crippen molar-refractivity contribution in [1.82, 2.24) is 10.9 Å². The van der Waals surface area contributed by atoms with Crippen LogP contribution in [0, 0.1) is 0 Å². The van der Waals surface area contributed by atoms with Crippen molar-refractivity contribution in [3.05, 3.63) is 29.8 Å². The zero-order valence-corrected chi connectivity index (χ0v) is 13.2. The van der Waals surface area contributed by atoms with Crippen molar-refractivity contribution in [3.8, 4) is 0 Å². The normalized spacial score (nSPS) is 13.0. The third-order valence-corrected chi connectivity index (χ3v) is 3.10. The van der Waals surface area contributed by atoms with Gasteiger partial charge in [0, 0.05) is 17.7 Å². The van der Waals surface area contributed by atoms with Gasteiger partial charge in [-0.25, -0.2) is 5.43 Å². The molecule has 1 aromatic rings. The second-order valence-electron chi connectivity index (χ2n) is 4.95. The number of anilines is 1. The first-order valence-corrected chi connectivity index (χ1v) is 7.31. The van der Waals surface area contributed by atoms with E-state index in [1.165, 1.54) is 12.1 Å². The summed E-state index contributed by atoms with van der Waals surface area (Å²) in [7, 11) is 0. The number of nitrogens with one attached hydrogen (secondary N) is 3. The maximum absolute atomic E-state index is 11.9. The second-order valence-corrected chi connectivity index (χ2v) is 4.95. The van der Waals surface area contributed by atoms with Crippen molar-refractivity contribution in [3.63, 3.8) is 0 Å². The minimum atomic E-state index is -1.74. The number of carbonyl (C=O) groups is 3. The largest absolute Gasteiger partial charge is 0.394 e. The van der Waals surface area contributed by atoms with Crippen molar-refractivity contribution >= 4 is 23.3 Å². The minimum Gasteiger partial charge on any atom is -0.394 e. The second kappa shape index (κ2) is 9.73. The number of Topliss-reactive ketones (excluding diaryl/α,β-unsaturated/α-hetero) is 1. The summed E-state index contributed by atoms with van der Waals surface area (Å²) in [6, 6.07) is 6.12. The van der Waals surface area contributed by atoms with E-state index in [0.29, 0.717) is 17.7 Å². The van der Waals surface area contributed by atoms with Crippen LogP contribution in [-0.2, 0) is 9.59 Å². The Hall–Kier alpha value is -2.33. The van der Waals surface area contributed by atoms with E-state index in [9.17, 15) is 19.5 Å². The molecule has 0 saturated heterocycles. The number of rotatable bonds is 9. The van der Waals surface area contributed by atoms with Crippen molar-refractivity contribution in [2.24, 2.45) is 0 Å². The first-order valence-electron chi connectivity index (χ1n) is 7.31. The van der Waals surface area contributed by atoms with E-state index in [1.54, 1.807) is 19.1 Å². The van der Waals surface area contributed by atoms with E-state index >= 15 is 0 Å². The summed E-state index contributed by atoms with van der Waals surface area (Å²) in [4.78, 5) is 34.6. The van der Waals surface area contributed by atoms with Crippen LogP contribution in [0.25, 0.3) is 0 Å². The Morgan fingerprint density at radius 1 is 1.12 bits per heavy atom. The van der Waals surface area contributed by atoms with Crippen molar-refractivity contribution in [2.75, 3.05) is 18.5 Å². The fourth-order valence-electron chi connectivity index (χ4n) is 1.66. The lowest BCUT2D eigenvalue weighted by Crippen LogP contribution is -2.46. The van der Waals surface area contributed by atoms with Crippen molar-refractivity contribution < 1.29 is 29.7 Å². The van der Waals surface area contributed by atoms with Gasteiger partial charge in [-0.05, 0) is 24.3 Å². The Balaban J connectivity index is 2.45. The molecule has 0 spiro atoms. The van der Waals surface area contributed by atoms with E-state index in [-0.39, 0.29) is 5.91 Å². The average Bonchev–Trinajstić information content (AvgIpc) is 2.60. The standard InChI is InChI=1S/C15H21N3O6/c1-2-13(22)17-10-5-3-9(4-6-10)15(24)18-16-7-11(20)14(23)12(21)8-19/h3-6,12,14,16,19,21,23H,2,7-8H2,1H3,(H,17,22)(H,18,24). The Labute approximate surface area is 138 Å². The number of hydrogen-bond acceptors (Lipinski definition) is 7. The summed E-state index contributed by atoms with van der Waals surface area (Å²) in [5, 5.41) is 29.7. The summed E-state index contributed by atoms with van der Waals surface area (Å²) >= 11 is 0. The fraction of sp³-hybridized carbons (Fsp3) is 0.400. The molecule has 9 heteroatoms. The third kappa shape index (κ3) is 6.05. The topological polar surface area (TPSA) is 148 Å². The Morgan fingerprint density at radius 2 is 1.75 bits per heavy atom. The Bertz CT molecular complexity index is 575. The number of hydrazine groups is 1. The first kappa shape index (κ1) is 19.7. The van der Waals surface area contributed by atoms with Crippen LogP contribution in [0.15, 0.2) is 24.3 Å². The third-order valence-electron chi connectivity index (χ3n) is 3.10. The lowest BCUT2D eigenvalue weighted by molar-refractivity contribution is -0.133. The molecule has 9 nitrogen and oxygen atoms in total. The number of carbonyl (C=O) groups excluding carboxylic acids is 3. The van der Waals surface area contributed by atoms with Crippen molar-refractivity contribution in [2.45, 2.75) is 25.6 Å². The molecule has 0 aliphatic rings. The molecule has 1 aromatic carbocycles. The molecule has 0 bridgehead atoms. The van der Waals surface area contributed by atoms with Gasteiger partial charge >= 0.3 is 0 Å². The summed E-state index contributed by atoms with van der Waals surface area (Å²) in [6.45, 7) is 0.551. The van der Waals surface area contributed by atoms with Crippen LogP contribution in [0.5, 0.6) is 0 Å². The zero-order chi connectivity index (χ0) is 18.1. The number of aliphatic hydroxyl groups excluding tert-OH is 3. The molecule has 0 heterocycles. The summed E-state index contributed by atoms with van der Waals surface area (Å²) < 4.78 is 0. The van der Waals surface area contributed by atoms with Gasteiger partial charge in [0.15, 0.2) is 5.78 Å². The maximum atomic E-state index is 11.9. The van der Waals surface area contributed by atoms with Gasteiger partial charge in [-0.1, -0.05) is 6.92 Å². The van der Waals surface area contributed by atoms with Gasteiger partial charge < -0.3 is 20.6 Å². The fourth-order valence-corrected chi connectivity index (χ4v) is 1.66. The molecule has 6 N–H and O–H groups in total. The summed E-state index contributed by atoms with van der Waals surface area (Å²) in [5.74, 6) is -1.45. The number of hydrogen-bond donors (Lipinski definition) is 6. The molecule has 0 radical (unpaired) electrons. The molecule has 0 fully saturated rings. The van der Waals surface area contributed by atoms with Gasteiger partial charge in [-0.15, -0.1) is 0 Å². The highest BCUT2D eigenvalue weighted by atomic mass is 16.4. The molecule has 2 atom stereocenters. The van der Waals surface area contributed by atoms with Gasteiger partial charge in [0.1, 0.15) is 12.2 Å².